The molecule has 0 amide bonds. The minimum atomic E-state index is -0.481. The molecule has 0 bridgehead atoms. The van der Waals surface area contributed by atoms with Crippen molar-refractivity contribution in [2.45, 2.75) is 37.6 Å². The Morgan fingerprint density at radius 1 is 1.36 bits per heavy atom. The molecule has 2 aliphatic heterocycles. The van der Waals surface area contributed by atoms with Gasteiger partial charge in [-0.1, -0.05) is 0 Å². The maximum atomic E-state index is 9.20. The van der Waals surface area contributed by atoms with Crippen molar-refractivity contribution < 1.29 is 19.3 Å². The number of aliphatic hydroxyl groups is 1. The van der Waals surface area contributed by atoms with Gasteiger partial charge in [-0.2, -0.15) is 0 Å². The maximum Gasteiger partial charge on any atom is 0.186 e. The molecule has 0 aromatic carbocycles. The van der Waals surface area contributed by atoms with Crippen LogP contribution >= 0.6 is 0 Å². The third kappa shape index (κ3) is 1.06. The second-order valence-electron chi connectivity index (χ2n) is 3.01. The van der Waals surface area contributed by atoms with Gasteiger partial charge in [0.05, 0.1) is 6.10 Å². The van der Waals surface area contributed by atoms with Gasteiger partial charge in [-0.15, -0.1) is 0 Å². The minimum absolute atomic E-state index is 0.0552. The molecule has 0 saturated carbocycles. The maximum absolute atomic E-state index is 9.20. The van der Waals surface area contributed by atoms with Gasteiger partial charge in [0.2, 0.25) is 0 Å². The van der Waals surface area contributed by atoms with Crippen molar-refractivity contribution in [3.63, 3.8) is 0 Å². The van der Waals surface area contributed by atoms with Crippen LogP contribution in [0.3, 0.4) is 0 Å². The van der Waals surface area contributed by atoms with Gasteiger partial charge in [0, 0.05) is 7.11 Å². The molecule has 0 spiro atoms. The molecule has 4 heteroatoms. The van der Waals surface area contributed by atoms with Crippen LogP contribution < -0.4 is 0 Å². The van der Waals surface area contributed by atoms with E-state index in [4.69, 9.17) is 14.2 Å². The Bertz CT molecular complexity index is 159. The van der Waals surface area contributed by atoms with Crippen molar-refractivity contribution >= 4 is 0 Å². The van der Waals surface area contributed by atoms with Gasteiger partial charge in [-0.3, -0.25) is 0 Å². The van der Waals surface area contributed by atoms with Crippen LogP contribution in [0.25, 0.3) is 0 Å². The minimum Gasteiger partial charge on any atom is -0.391 e. The van der Waals surface area contributed by atoms with Crippen molar-refractivity contribution in [1.29, 1.82) is 0 Å². The van der Waals surface area contributed by atoms with Gasteiger partial charge in [0.15, 0.2) is 6.29 Å². The molecule has 2 fully saturated rings. The summed E-state index contributed by atoms with van der Waals surface area (Å²) in [6.45, 7) is 1.70. The highest BCUT2D eigenvalue weighted by Crippen LogP contribution is 2.40. The largest absolute Gasteiger partial charge is 0.391 e. The first kappa shape index (κ1) is 7.49. The summed E-state index contributed by atoms with van der Waals surface area (Å²) in [6.07, 6.45) is -0.853. The third-order valence-corrected chi connectivity index (χ3v) is 2.15. The zero-order valence-electron chi connectivity index (χ0n) is 6.56. The predicted molar refractivity (Wildman–Crippen MR) is 36.0 cm³/mol. The number of ether oxygens (including phenoxy) is 3. The van der Waals surface area contributed by atoms with E-state index in [2.05, 4.69) is 0 Å². The van der Waals surface area contributed by atoms with Gasteiger partial charge < -0.3 is 19.3 Å². The van der Waals surface area contributed by atoms with Crippen molar-refractivity contribution in [2.75, 3.05) is 7.11 Å². The van der Waals surface area contributed by atoms with E-state index in [1.807, 2.05) is 0 Å². The Balaban J connectivity index is 1.98. The zero-order valence-corrected chi connectivity index (χ0v) is 6.56. The van der Waals surface area contributed by atoms with Crippen molar-refractivity contribution in [2.24, 2.45) is 0 Å². The average Bonchev–Trinajstić information content (AvgIpc) is 2.65. The lowest BCUT2D eigenvalue weighted by Crippen LogP contribution is -2.30. The summed E-state index contributed by atoms with van der Waals surface area (Å²) >= 11 is 0. The van der Waals surface area contributed by atoms with Gasteiger partial charge in [-0.25, -0.2) is 0 Å². The summed E-state index contributed by atoms with van der Waals surface area (Å²) in [5.74, 6) is 0. The quantitative estimate of drug-likeness (QED) is 0.553. The molecule has 0 radical (unpaired) electrons. The summed E-state index contributed by atoms with van der Waals surface area (Å²) in [4.78, 5) is 0. The zero-order chi connectivity index (χ0) is 8.01. The average molecular weight is 160 g/mol. The molecule has 1 N–H and O–H groups in total. The molecule has 2 rings (SSSR count). The number of methoxy groups -OCH3 is 1. The van der Waals surface area contributed by atoms with E-state index in [-0.39, 0.29) is 24.6 Å². The van der Waals surface area contributed by atoms with Gasteiger partial charge in [0.25, 0.3) is 0 Å². The topological polar surface area (TPSA) is 51.2 Å². The van der Waals surface area contributed by atoms with Crippen LogP contribution in [-0.4, -0.2) is 42.9 Å². The van der Waals surface area contributed by atoms with Crippen LogP contribution in [0.4, 0.5) is 0 Å². The molecule has 0 aromatic heterocycles. The summed E-state index contributed by atoms with van der Waals surface area (Å²) in [6, 6.07) is 0. The molecule has 2 aliphatic rings. The smallest absolute Gasteiger partial charge is 0.186 e. The molecule has 64 valence electrons. The second kappa shape index (κ2) is 2.42. The lowest BCUT2D eigenvalue weighted by atomic mass is 10.1. The van der Waals surface area contributed by atoms with Crippen LogP contribution in [0.2, 0.25) is 0 Å². The molecule has 2 saturated heterocycles. The fraction of sp³-hybridized carbons (Fsp3) is 1.00. The second-order valence-corrected chi connectivity index (χ2v) is 3.01. The van der Waals surface area contributed by atoms with E-state index in [1.54, 1.807) is 14.0 Å². The first-order valence-electron chi connectivity index (χ1n) is 3.76. The van der Waals surface area contributed by atoms with E-state index in [9.17, 15) is 5.11 Å². The van der Waals surface area contributed by atoms with Crippen LogP contribution in [0, 0.1) is 0 Å². The Labute approximate surface area is 65.1 Å². The summed E-state index contributed by atoms with van der Waals surface area (Å²) in [7, 11) is 1.58. The normalized spacial score (nSPS) is 50.5. The molecular formula is C7H12O4. The van der Waals surface area contributed by atoms with Gasteiger partial charge in [0.1, 0.15) is 18.3 Å². The standard InChI is InChI=1S/C7H12O4/c1-3(8)4-5-6(10-5)7(9-2)11-4/h3-8H,1-2H3/t3-,4+,5+,6+,7-/m1/s1. The van der Waals surface area contributed by atoms with Crippen LogP contribution in [0.15, 0.2) is 0 Å². The Morgan fingerprint density at radius 2 is 2.09 bits per heavy atom. The number of epoxide rings is 1. The Morgan fingerprint density at radius 3 is 2.45 bits per heavy atom. The van der Waals surface area contributed by atoms with Gasteiger partial charge >= 0.3 is 0 Å². The lowest BCUT2D eigenvalue weighted by molar-refractivity contribution is -0.178. The van der Waals surface area contributed by atoms with E-state index < -0.39 is 6.10 Å². The highest BCUT2D eigenvalue weighted by Gasteiger charge is 2.59. The first-order valence-corrected chi connectivity index (χ1v) is 3.76. The molecule has 2 heterocycles. The van der Waals surface area contributed by atoms with Crippen molar-refractivity contribution in [3.05, 3.63) is 0 Å². The monoisotopic (exact) mass is 160 g/mol. The number of rotatable bonds is 2. The molecule has 4 nitrogen and oxygen atoms in total. The van der Waals surface area contributed by atoms with Crippen LogP contribution in [0.1, 0.15) is 6.92 Å². The lowest BCUT2D eigenvalue weighted by Gasteiger charge is -2.17. The Kier molecular flexibility index (Phi) is 1.64. The molecule has 11 heavy (non-hydrogen) atoms. The summed E-state index contributed by atoms with van der Waals surface area (Å²) in [5, 5.41) is 9.20. The molecule has 0 aliphatic carbocycles. The van der Waals surface area contributed by atoms with Crippen molar-refractivity contribution in [1.82, 2.24) is 0 Å². The number of fused-ring (bicyclic) bond motifs is 1. The molecule has 5 atom stereocenters. The first-order chi connectivity index (χ1) is 5.24. The molecule has 0 aromatic rings. The third-order valence-electron chi connectivity index (χ3n) is 2.15. The SMILES string of the molecule is CO[C@@H]1O[C@@H]([C@@H](C)O)[C@@H]2O[C@H]12. The van der Waals surface area contributed by atoms with E-state index in [0.29, 0.717) is 0 Å². The number of aliphatic hydroxyl groups excluding tert-OH is 1. The fourth-order valence-electron chi connectivity index (χ4n) is 1.51. The summed E-state index contributed by atoms with van der Waals surface area (Å²) < 4.78 is 15.5. The number of hydrogen-bond acceptors (Lipinski definition) is 4. The van der Waals surface area contributed by atoms with E-state index >= 15 is 0 Å². The van der Waals surface area contributed by atoms with Crippen LogP contribution in [0.5, 0.6) is 0 Å². The van der Waals surface area contributed by atoms with Crippen LogP contribution in [-0.2, 0) is 14.2 Å². The molecular weight excluding hydrogens is 148 g/mol. The summed E-state index contributed by atoms with van der Waals surface area (Å²) in [5.41, 5.74) is 0. The highest BCUT2D eigenvalue weighted by atomic mass is 16.8. The Hall–Kier alpha value is -0.160. The fourth-order valence-corrected chi connectivity index (χ4v) is 1.51. The molecule has 0 unspecified atom stereocenters. The highest BCUT2D eigenvalue weighted by molar-refractivity contribution is 5.01. The number of hydrogen-bond donors (Lipinski definition) is 1. The predicted octanol–water partition coefficient (Wildman–Crippen LogP) is -0.494. The van der Waals surface area contributed by atoms with E-state index in [0.717, 1.165) is 0 Å². The van der Waals surface area contributed by atoms with Gasteiger partial charge in [-0.05, 0) is 6.92 Å². The van der Waals surface area contributed by atoms with Crippen molar-refractivity contribution in [3.8, 4) is 0 Å². The van der Waals surface area contributed by atoms with E-state index in [1.165, 1.54) is 0 Å².